The second-order valence-corrected chi connectivity index (χ2v) is 8.04. The summed E-state index contributed by atoms with van der Waals surface area (Å²) in [6.07, 6.45) is 1.49. The molecule has 0 aliphatic heterocycles. The molecule has 2 heterocycles. The normalized spacial score (nSPS) is 11.4. The van der Waals surface area contributed by atoms with Crippen LogP contribution in [-0.2, 0) is 7.05 Å². The Balaban J connectivity index is 1.53. The van der Waals surface area contributed by atoms with Crippen LogP contribution < -0.4 is 15.4 Å². The number of hydrogen-bond donors (Lipinski definition) is 2. The predicted molar refractivity (Wildman–Crippen MR) is 120 cm³/mol. The van der Waals surface area contributed by atoms with Gasteiger partial charge in [-0.25, -0.2) is 4.98 Å². The van der Waals surface area contributed by atoms with Crippen LogP contribution in [0.3, 0.4) is 0 Å². The van der Waals surface area contributed by atoms with Crippen molar-refractivity contribution in [2.24, 2.45) is 7.05 Å². The van der Waals surface area contributed by atoms with Crippen molar-refractivity contribution in [1.82, 2.24) is 19.9 Å². The standard InChI is InChI=1S/C22H18F3N5O2S/c1-26-20(31)18-12-15(9-10-27-18)32-14-5-8-19-17(11-14)29-21(30(19)2)28-13-3-6-16(7-4-13)33-22(23,24)25/h3-12H,1-2H3,(H,26,31)(H,28,29). The summed E-state index contributed by atoms with van der Waals surface area (Å²) in [5, 5.41) is 5.63. The lowest BCUT2D eigenvalue weighted by Crippen LogP contribution is -2.18. The zero-order valence-corrected chi connectivity index (χ0v) is 18.3. The molecule has 0 saturated heterocycles. The first-order chi connectivity index (χ1) is 15.7. The first-order valence-corrected chi connectivity index (χ1v) is 10.5. The Hall–Kier alpha value is -3.73. The van der Waals surface area contributed by atoms with Crippen LogP contribution in [0.15, 0.2) is 65.7 Å². The molecule has 0 spiro atoms. The van der Waals surface area contributed by atoms with E-state index in [-0.39, 0.29) is 28.3 Å². The topological polar surface area (TPSA) is 81.1 Å². The number of thioether (sulfide) groups is 1. The van der Waals surface area contributed by atoms with Gasteiger partial charge in [0.15, 0.2) is 0 Å². The van der Waals surface area contributed by atoms with Crippen LogP contribution in [0.1, 0.15) is 10.5 Å². The summed E-state index contributed by atoms with van der Waals surface area (Å²) >= 11 is -0.160. The number of benzene rings is 2. The molecule has 7 nitrogen and oxygen atoms in total. The van der Waals surface area contributed by atoms with Crippen LogP contribution in [0.2, 0.25) is 0 Å². The highest BCUT2D eigenvalue weighted by molar-refractivity contribution is 8.00. The maximum absolute atomic E-state index is 12.5. The second-order valence-electron chi connectivity index (χ2n) is 6.90. The second kappa shape index (κ2) is 9.02. The number of anilines is 2. The molecule has 11 heteroatoms. The summed E-state index contributed by atoms with van der Waals surface area (Å²) in [6.45, 7) is 0. The van der Waals surface area contributed by atoms with E-state index in [1.54, 1.807) is 30.3 Å². The van der Waals surface area contributed by atoms with E-state index in [1.807, 2.05) is 17.7 Å². The third kappa shape index (κ3) is 5.37. The number of imidazole rings is 1. The monoisotopic (exact) mass is 473 g/mol. The van der Waals surface area contributed by atoms with Gasteiger partial charge in [0, 0.05) is 43.0 Å². The van der Waals surface area contributed by atoms with Crippen molar-refractivity contribution in [3.63, 3.8) is 0 Å². The van der Waals surface area contributed by atoms with Gasteiger partial charge in [0.1, 0.15) is 17.2 Å². The molecule has 170 valence electrons. The number of hydrogen-bond acceptors (Lipinski definition) is 6. The molecule has 33 heavy (non-hydrogen) atoms. The van der Waals surface area contributed by atoms with Gasteiger partial charge in [-0.3, -0.25) is 9.78 Å². The molecule has 0 atom stereocenters. The minimum atomic E-state index is -4.33. The SMILES string of the molecule is CNC(=O)c1cc(Oc2ccc3c(c2)nc(Nc2ccc(SC(F)(F)F)cc2)n3C)ccn1. The van der Waals surface area contributed by atoms with Crippen molar-refractivity contribution in [1.29, 1.82) is 0 Å². The molecule has 2 aromatic heterocycles. The highest BCUT2D eigenvalue weighted by atomic mass is 32.2. The van der Waals surface area contributed by atoms with Gasteiger partial charge in [0.25, 0.3) is 5.91 Å². The Morgan fingerprint density at radius 1 is 1.06 bits per heavy atom. The smallest absolute Gasteiger partial charge is 0.446 e. The van der Waals surface area contributed by atoms with E-state index < -0.39 is 5.51 Å². The van der Waals surface area contributed by atoms with Crippen molar-refractivity contribution < 1.29 is 22.7 Å². The van der Waals surface area contributed by atoms with Crippen molar-refractivity contribution in [2.45, 2.75) is 10.4 Å². The lowest BCUT2D eigenvalue weighted by Gasteiger charge is -2.08. The maximum atomic E-state index is 12.5. The molecule has 1 amide bonds. The number of fused-ring (bicyclic) bond motifs is 1. The van der Waals surface area contributed by atoms with Gasteiger partial charge >= 0.3 is 5.51 Å². The highest BCUT2D eigenvalue weighted by Crippen LogP contribution is 2.37. The number of carbonyl (C=O) groups is 1. The fourth-order valence-corrected chi connectivity index (χ4v) is 3.63. The summed E-state index contributed by atoms with van der Waals surface area (Å²) < 4.78 is 45.2. The number of carbonyl (C=O) groups excluding carboxylic acids is 1. The van der Waals surface area contributed by atoms with E-state index in [0.29, 0.717) is 28.7 Å². The molecule has 4 rings (SSSR count). The van der Waals surface area contributed by atoms with Crippen LogP contribution >= 0.6 is 11.8 Å². The third-order valence-electron chi connectivity index (χ3n) is 4.62. The number of pyridine rings is 1. The highest BCUT2D eigenvalue weighted by Gasteiger charge is 2.29. The Labute approximate surface area is 191 Å². The van der Waals surface area contributed by atoms with Gasteiger partial charge in [-0.15, -0.1) is 0 Å². The number of ether oxygens (including phenoxy) is 1. The van der Waals surface area contributed by atoms with Crippen LogP contribution in [0.4, 0.5) is 24.8 Å². The molecule has 0 saturated carbocycles. The number of nitrogens with zero attached hydrogens (tertiary/aromatic N) is 3. The van der Waals surface area contributed by atoms with Gasteiger partial charge in [-0.1, -0.05) is 0 Å². The van der Waals surface area contributed by atoms with Gasteiger partial charge in [-0.05, 0) is 54.2 Å². The number of aryl methyl sites for hydroxylation is 1. The fourth-order valence-electron chi connectivity index (χ4n) is 3.09. The first-order valence-electron chi connectivity index (χ1n) is 9.67. The number of aromatic nitrogens is 3. The summed E-state index contributed by atoms with van der Waals surface area (Å²) in [5.41, 5.74) is -2.00. The largest absolute Gasteiger partial charge is 0.457 e. The number of nitrogens with one attached hydrogen (secondary N) is 2. The molecular weight excluding hydrogens is 455 g/mol. The molecule has 2 aromatic carbocycles. The Morgan fingerprint density at radius 3 is 2.48 bits per heavy atom. The summed E-state index contributed by atoms with van der Waals surface area (Å²) in [5.74, 6) is 1.18. The van der Waals surface area contributed by atoms with E-state index >= 15 is 0 Å². The lowest BCUT2D eigenvalue weighted by molar-refractivity contribution is -0.0328. The minimum absolute atomic E-state index is 0.107. The van der Waals surface area contributed by atoms with E-state index in [1.165, 1.54) is 31.4 Å². The molecule has 4 aromatic rings. The number of halogens is 3. The summed E-state index contributed by atoms with van der Waals surface area (Å²) in [7, 11) is 3.35. The quantitative estimate of drug-likeness (QED) is 0.361. The number of rotatable bonds is 6. The molecular formula is C22H18F3N5O2S. The van der Waals surface area contributed by atoms with Crippen LogP contribution in [-0.4, -0.2) is 33.0 Å². The average Bonchev–Trinajstić information content (AvgIpc) is 3.08. The lowest BCUT2D eigenvalue weighted by atomic mass is 10.3. The van der Waals surface area contributed by atoms with Gasteiger partial charge in [0.2, 0.25) is 5.95 Å². The average molecular weight is 473 g/mol. The van der Waals surface area contributed by atoms with Crippen LogP contribution in [0.5, 0.6) is 11.5 Å². The molecule has 0 radical (unpaired) electrons. The fraction of sp³-hybridized carbons (Fsp3) is 0.136. The van der Waals surface area contributed by atoms with E-state index in [0.717, 1.165) is 5.52 Å². The van der Waals surface area contributed by atoms with Crippen molar-refractivity contribution >= 4 is 40.3 Å². The molecule has 0 aliphatic rings. The molecule has 0 fully saturated rings. The summed E-state index contributed by atoms with van der Waals surface area (Å²) in [4.78, 5) is 20.4. The van der Waals surface area contributed by atoms with Crippen LogP contribution in [0.25, 0.3) is 11.0 Å². The zero-order chi connectivity index (χ0) is 23.6. The summed E-state index contributed by atoms with van der Waals surface area (Å²) in [6, 6.07) is 14.5. The maximum Gasteiger partial charge on any atom is 0.446 e. The van der Waals surface area contributed by atoms with E-state index in [4.69, 9.17) is 4.74 Å². The van der Waals surface area contributed by atoms with E-state index in [2.05, 4.69) is 20.6 Å². The first kappa shape index (κ1) is 22.5. The molecule has 0 bridgehead atoms. The molecule has 0 unspecified atom stereocenters. The Kier molecular flexibility index (Phi) is 6.14. The number of amides is 1. The van der Waals surface area contributed by atoms with Crippen molar-refractivity contribution in [3.05, 3.63) is 66.5 Å². The van der Waals surface area contributed by atoms with Crippen molar-refractivity contribution in [3.8, 4) is 11.5 Å². The third-order valence-corrected chi connectivity index (χ3v) is 5.36. The zero-order valence-electron chi connectivity index (χ0n) is 17.5. The number of alkyl halides is 3. The predicted octanol–water partition coefficient (Wildman–Crippen LogP) is 5.48. The van der Waals surface area contributed by atoms with Gasteiger partial charge in [0.05, 0.1) is 11.0 Å². The Morgan fingerprint density at radius 2 is 1.79 bits per heavy atom. The van der Waals surface area contributed by atoms with Crippen LogP contribution in [0, 0.1) is 0 Å². The minimum Gasteiger partial charge on any atom is -0.457 e. The van der Waals surface area contributed by atoms with Crippen molar-refractivity contribution in [2.75, 3.05) is 12.4 Å². The van der Waals surface area contributed by atoms with Gasteiger partial charge in [-0.2, -0.15) is 13.2 Å². The Bertz CT molecular complexity index is 1310. The van der Waals surface area contributed by atoms with Gasteiger partial charge < -0.3 is 19.9 Å². The molecule has 0 aliphatic carbocycles. The van der Waals surface area contributed by atoms with E-state index in [9.17, 15) is 18.0 Å². The molecule has 2 N–H and O–H groups in total.